The van der Waals surface area contributed by atoms with E-state index in [2.05, 4.69) is 10.1 Å². The number of nitrogens with zero attached hydrogens (tertiary/aromatic N) is 4. The number of benzene rings is 3. The highest BCUT2D eigenvalue weighted by Crippen LogP contribution is 2.30. The van der Waals surface area contributed by atoms with E-state index < -0.39 is 24.3 Å². The Bertz CT molecular complexity index is 1460. The molecule has 0 spiro atoms. The summed E-state index contributed by atoms with van der Waals surface area (Å²) in [6.45, 7) is 1.52. The van der Waals surface area contributed by atoms with Gasteiger partial charge in [0.25, 0.3) is 17.7 Å². The predicted octanol–water partition coefficient (Wildman–Crippen LogP) is 4.28. The van der Waals surface area contributed by atoms with Gasteiger partial charge < -0.3 is 4.74 Å². The Labute approximate surface area is 205 Å². The number of thiazole rings is 1. The number of imide groups is 1. The molecule has 0 atom stereocenters. The molecule has 5 rings (SSSR count). The topological polar surface area (TPSA) is 92.2 Å². The summed E-state index contributed by atoms with van der Waals surface area (Å²) in [5.74, 6) is -0.863. The van der Waals surface area contributed by atoms with Gasteiger partial charge in [-0.15, -0.1) is 0 Å². The molecule has 0 unspecified atom stereocenters. The number of hydrogen-bond donors (Lipinski definition) is 0. The van der Waals surface area contributed by atoms with Crippen LogP contribution in [0.4, 0.5) is 5.13 Å². The van der Waals surface area contributed by atoms with Crippen LogP contribution in [-0.2, 0) is 4.79 Å². The highest BCUT2D eigenvalue weighted by molar-refractivity contribution is 7.22. The third-order valence-corrected chi connectivity index (χ3v) is 6.55. The summed E-state index contributed by atoms with van der Waals surface area (Å²) in [7, 11) is 1.58. The molecule has 9 heteroatoms. The van der Waals surface area contributed by atoms with Crippen LogP contribution < -0.4 is 9.75 Å². The average molecular weight is 485 g/mol. The van der Waals surface area contributed by atoms with E-state index in [0.29, 0.717) is 10.9 Å². The van der Waals surface area contributed by atoms with Gasteiger partial charge in [-0.25, -0.2) is 4.98 Å². The van der Waals surface area contributed by atoms with Crippen molar-refractivity contribution in [2.45, 2.75) is 6.92 Å². The van der Waals surface area contributed by atoms with E-state index in [1.165, 1.54) is 17.6 Å². The third-order valence-electron chi connectivity index (χ3n) is 5.56. The van der Waals surface area contributed by atoms with Crippen molar-refractivity contribution < 1.29 is 19.1 Å². The highest BCUT2D eigenvalue weighted by atomic mass is 32.1. The van der Waals surface area contributed by atoms with E-state index in [9.17, 15) is 14.4 Å². The van der Waals surface area contributed by atoms with Crippen LogP contribution in [0.2, 0.25) is 0 Å². The van der Waals surface area contributed by atoms with Crippen LogP contribution >= 0.6 is 11.3 Å². The zero-order valence-corrected chi connectivity index (χ0v) is 19.8. The minimum Gasteiger partial charge on any atom is -0.497 e. The zero-order valence-electron chi connectivity index (χ0n) is 19.0. The van der Waals surface area contributed by atoms with Gasteiger partial charge in [-0.2, -0.15) is 10.1 Å². The van der Waals surface area contributed by atoms with Gasteiger partial charge in [0.05, 0.1) is 34.7 Å². The number of aryl methyl sites for hydroxylation is 1. The van der Waals surface area contributed by atoms with Crippen LogP contribution in [0, 0.1) is 6.92 Å². The molecule has 3 amide bonds. The monoisotopic (exact) mass is 484 g/mol. The summed E-state index contributed by atoms with van der Waals surface area (Å²) in [6.07, 6.45) is 1.52. The summed E-state index contributed by atoms with van der Waals surface area (Å²) in [4.78, 5) is 44.5. The van der Waals surface area contributed by atoms with Gasteiger partial charge in [0.15, 0.2) is 0 Å². The van der Waals surface area contributed by atoms with Crippen molar-refractivity contribution >= 4 is 50.6 Å². The number of fused-ring (bicyclic) bond motifs is 2. The first kappa shape index (κ1) is 22.4. The van der Waals surface area contributed by atoms with Gasteiger partial charge >= 0.3 is 0 Å². The average Bonchev–Trinajstić information content (AvgIpc) is 3.39. The van der Waals surface area contributed by atoms with E-state index in [0.717, 1.165) is 31.3 Å². The maximum atomic E-state index is 13.4. The van der Waals surface area contributed by atoms with Crippen molar-refractivity contribution in [2.75, 3.05) is 18.7 Å². The molecule has 8 nitrogen and oxygen atoms in total. The van der Waals surface area contributed by atoms with Gasteiger partial charge in [0.2, 0.25) is 5.13 Å². The van der Waals surface area contributed by atoms with E-state index in [-0.39, 0.29) is 11.1 Å². The second-order valence-corrected chi connectivity index (χ2v) is 8.94. The molecule has 4 aromatic rings. The Kier molecular flexibility index (Phi) is 5.84. The fraction of sp³-hybridized carbons (Fsp3) is 0.115. The summed E-state index contributed by atoms with van der Waals surface area (Å²) in [5.41, 5.74) is 3.11. The SMILES string of the molecule is COc1ccc(/C=N/N(C(=O)CN2C(=O)c3ccccc3C2=O)c2nc3ccc(C)cc3s2)cc1. The maximum Gasteiger partial charge on any atom is 0.269 e. The number of carbonyl (C=O) groups is 3. The molecule has 3 aromatic carbocycles. The van der Waals surface area contributed by atoms with Crippen molar-refractivity contribution in [3.8, 4) is 5.75 Å². The second-order valence-electron chi connectivity index (χ2n) is 7.93. The molecule has 0 radical (unpaired) electrons. The highest BCUT2D eigenvalue weighted by Gasteiger charge is 2.37. The van der Waals surface area contributed by atoms with E-state index in [1.807, 2.05) is 25.1 Å². The molecule has 35 heavy (non-hydrogen) atoms. The first-order valence-electron chi connectivity index (χ1n) is 10.8. The van der Waals surface area contributed by atoms with Crippen LogP contribution in [0.3, 0.4) is 0 Å². The molecule has 1 aromatic heterocycles. The normalized spacial score (nSPS) is 13.0. The first-order chi connectivity index (χ1) is 16.9. The molecule has 174 valence electrons. The first-order valence-corrected chi connectivity index (χ1v) is 11.6. The predicted molar refractivity (Wildman–Crippen MR) is 134 cm³/mol. The van der Waals surface area contributed by atoms with Crippen LogP contribution in [-0.4, -0.2) is 47.5 Å². The number of hydrazone groups is 1. The molecule has 1 aliphatic heterocycles. The Morgan fingerprint density at radius 2 is 1.74 bits per heavy atom. The minimum atomic E-state index is -0.556. The summed E-state index contributed by atoms with van der Waals surface area (Å²) >= 11 is 1.31. The quantitative estimate of drug-likeness (QED) is 0.231. The van der Waals surface area contributed by atoms with Gasteiger partial charge in [-0.05, 0) is 66.6 Å². The molecule has 0 aliphatic carbocycles. The van der Waals surface area contributed by atoms with Crippen LogP contribution in [0.15, 0.2) is 71.8 Å². The van der Waals surface area contributed by atoms with E-state index in [4.69, 9.17) is 4.74 Å². The van der Waals surface area contributed by atoms with Crippen molar-refractivity contribution in [1.82, 2.24) is 9.88 Å². The molecule has 0 saturated carbocycles. The van der Waals surface area contributed by atoms with Crippen molar-refractivity contribution in [1.29, 1.82) is 0 Å². The van der Waals surface area contributed by atoms with Gasteiger partial charge in [0, 0.05) is 0 Å². The number of anilines is 1. The number of methoxy groups -OCH3 is 1. The summed E-state index contributed by atoms with van der Waals surface area (Å²) in [5, 5.41) is 5.89. The maximum absolute atomic E-state index is 13.4. The van der Waals surface area contributed by atoms with Gasteiger partial charge in [-0.1, -0.05) is 29.5 Å². The number of carbonyl (C=O) groups excluding carboxylic acids is 3. The third kappa shape index (κ3) is 4.29. The molecule has 0 fully saturated rings. The lowest BCUT2D eigenvalue weighted by Gasteiger charge is -2.18. The summed E-state index contributed by atoms with van der Waals surface area (Å²) < 4.78 is 6.08. The molecule has 0 saturated heterocycles. The van der Waals surface area contributed by atoms with Crippen molar-refractivity contribution in [3.63, 3.8) is 0 Å². The fourth-order valence-corrected chi connectivity index (χ4v) is 4.77. The second kappa shape index (κ2) is 9.11. The smallest absolute Gasteiger partial charge is 0.269 e. The Morgan fingerprint density at radius 1 is 1.06 bits per heavy atom. The number of ether oxygens (including phenoxy) is 1. The van der Waals surface area contributed by atoms with E-state index >= 15 is 0 Å². The fourth-order valence-electron chi connectivity index (χ4n) is 3.73. The largest absolute Gasteiger partial charge is 0.497 e. The molecule has 0 N–H and O–H groups in total. The molecule has 0 bridgehead atoms. The summed E-state index contributed by atoms with van der Waals surface area (Å²) in [6, 6.07) is 19.5. The molecular weight excluding hydrogens is 464 g/mol. The number of amides is 3. The van der Waals surface area contributed by atoms with Crippen LogP contribution in [0.5, 0.6) is 5.75 Å². The number of rotatable bonds is 6. The Balaban J connectivity index is 1.47. The van der Waals surface area contributed by atoms with Gasteiger partial charge in [-0.3, -0.25) is 19.3 Å². The van der Waals surface area contributed by atoms with Crippen molar-refractivity contribution in [3.05, 3.63) is 89.0 Å². The minimum absolute atomic E-state index is 0.286. The lowest BCUT2D eigenvalue weighted by Crippen LogP contribution is -2.41. The Hall–Kier alpha value is -4.37. The molecule has 2 heterocycles. The van der Waals surface area contributed by atoms with Gasteiger partial charge in [0.1, 0.15) is 12.3 Å². The van der Waals surface area contributed by atoms with Crippen LogP contribution in [0.25, 0.3) is 10.2 Å². The Morgan fingerprint density at radius 3 is 2.40 bits per heavy atom. The zero-order chi connectivity index (χ0) is 24.5. The lowest BCUT2D eigenvalue weighted by molar-refractivity contribution is -0.118. The number of hydrogen-bond acceptors (Lipinski definition) is 7. The van der Waals surface area contributed by atoms with Crippen LogP contribution in [0.1, 0.15) is 31.8 Å². The van der Waals surface area contributed by atoms with Crippen molar-refractivity contribution in [2.24, 2.45) is 5.10 Å². The molecule has 1 aliphatic rings. The number of aromatic nitrogens is 1. The standard InChI is InChI=1S/C26H20N4O4S/c1-16-7-12-21-22(13-16)35-26(28-21)30(27-14-17-8-10-18(34-2)11-9-17)23(31)15-29-24(32)19-5-3-4-6-20(19)25(29)33/h3-14H,15H2,1-2H3/b27-14+. The van der Waals surface area contributed by atoms with E-state index in [1.54, 1.807) is 55.6 Å². The molecular formula is C26H20N4O4S. The lowest BCUT2D eigenvalue weighted by atomic mass is 10.1.